The van der Waals surface area contributed by atoms with Gasteiger partial charge in [0.1, 0.15) is 73.2 Å². The van der Waals surface area contributed by atoms with Crippen LogP contribution in [-0.2, 0) is 33.2 Å². The Bertz CT molecular complexity index is 2510. The summed E-state index contributed by atoms with van der Waals surface area (Å²) in [6.07, 6.45) is 73.0. The molecule has 19 heteroatoms. The lowest BCUT2D eigenvalue weighted by Gasteiger charge is -2.48. The predicted molar refractivity (Wildman–Crippen MR) is 443 cm³/mol. The van der Waals surface area contributed by atoms with E-state index in [2.05, 4.69) is 141 Å². The van der Waals surface area contributed by atoms with Crippen LogP contribution >= 0.6 is 0 Å². The van der Waals surface area contributed by atoms with E-state index >= 15 is 0 Å². The largest absolute Gasteiger partial charge is 0.394 e. The maximum Gasteiger partial charge on any atom is 0.220 e. The third-order valence-electron chi connectivity index (χ3n) is 20.7. The quantitative estimate of drug-likeness (QED) is 0.0199. The minimum absolute atomic E-state index is 0.220. The Labute approximate surface area is 664 Å². The summed E-state index contributed by atoms with van der Waals surface area (Å²) in [6, 6.07) is -1.01. The molecule has 3 fully saturated rings. The molecule has 0 aromatic heterocycles. The molecule has 3 saturated heterocycles. The zero-order valence-electron chi connectivity index (χ0n) is 67.9. The zero-order valence-corrected chi connectivity index (χ0v) is 67.9. The SMILES string of the molecule is CC/C=C\C/C=C\C/C=C\C/C=C\C/C=C\C/C=C\C/C=C\C/C=C\C/C=C\CCCCCCCCCCCC(=O)NC(COC1OC(CO)C(OC2OC(CO)C(OC3OC(CO)C(O)C(O)C3O)C(O)C2O)C(O)C1O)C(O)/C=C/CC/C=C/CCCCCCCCCCCCCCCCCCCCCCCC. The van der Waals surface area contributed by atoms with Crippen molar-refractivity contribution in [2.24, 2.45) is 0 Å². The Kier molecular flexibility index (Phi) is 63.0. The highest BCUT2D eigenvalue weighted by molar-refractivity contribution is 5.76. The molecule has 0 aliphatic carbocycles. The highest BCUT2D eigenvalue weighted by atomic mass is 16.8. The summed E-state index contributed by atoms with van der Waals surface area (Å²) in [5, 5.41) is 121. The van der Waals surface area contributed by atoms with Gasteiger partial charge in [-0.3, -0.25) is 4.79 Å². The van der Waals surface area contributed by atoms with Gasteiger partial charge in [0.15, 0.2) is 18.9 Å². The van der Waals surface area contributed by atoms with Crippen LogP contribution in [0.15, 0.2) is 134 Å². The lowest BCUT2D eigenvalue weighted by Crippen LogP contribution is -2.66. The van der Waals surface area contributed by atoms with Gasteiger partial charge in [0.2, 0.25) is 5.91 Å². The summed E-state index contributed by atoms with van der Waals surface area (Å²) in [7, 11) is 0. The molecular weight excluding hydrogens is 1390 g/mol. The normalized spacial score (nSPS) is 25.8. The van der Waals surface area contributed by atoms with Crippen LogP contribution in [0.4, 0.5) is 0 Å². The first-order valence-corrected chi connectivity index (χ1v) is 43.4. The van der Waals surface area contributed by atoms with Crippen LogP contribution in [0.25, 0.3) is 0 Å². The molecule has 3 rings (SSSR count). The number of nitrogens with one attached hydrogen (secondary N) is 1. The van der Waals surface area contributed by atoms with Crippen molar-refractivity contribution in [1.82, 2.24) is 5.32 Å². The Balaban J connectivity index is 1.36. The number of allylic oxidation sites excluding steroid dienone is 21. The number of carbonyl (C=O) groups excluding carboxylic acids is 1. The maximum absolute atomic E-state index is 13.5. The van der Waals surface area contributed by atoms with E-state index in [0.29, 0.717) is 12.8 Å². The van der Waals surface area contributed by atoms with E-state index in [9.17, 15) is 61.0 Å². The van der Waals surface area contributed by atoms with Crippen LogP contribution < -0.4 is 5.32 Å². The predicted octanol–water partition coefficient (Wildman–Crippen LogP) is 16.0. The number of ether oxygens (including phenoxy) is 6. The van der Waals surface area contributed by atoms with E-state index < -0.39 is 124 Å². The molecule has 19 nitrogen and oxygen atoms in total. The van der Waals surface area contributed by atoms with Gasteiger partial charge >= 0.3 is 0 Å². The molecule has 632 valence electrons. The second-order valence-electron chi connectivity index (χ2n) is 30.3. The van der Waals surface area contributed by atoms with Gasteiger partial charge in [-0.2, -0.15) is 0 Å². The Hall–Kier alpha value is -4.07. The van der Waals surface area contributed by atoms with E-state index in [-0.39, 0.29) is 18.9 Å². The van der Waals surface area contributed by atoms with Crippen LogP contribution in [0.2, 0.25) is 0 Å². The van der Waals surface area contributed by atoms with E-state index in [0.717, 1.165) is 109 Å². The maximum atomic E-state index is 13.5. The van der Waals surface area contributed by atoms with Gasteiger partial charge in [0, 0.05) is 6.42 Å². The molecule has 17 unspecified atom stereocenters. The topological polar surface area (TPSA) is 307 Å². The third kappa shape index (κ3) is 47.7. The minimum atomic E-state index is -1.99. The van der Waals surface area contributed by atoms with Gasteiger partial charge in [-0.05, 0) is 103 Å². The van der Waals surface area contributed by atoms with Gasteiger partial charge in [0.25, 0.3) is 0 Å². The average Bonchev–Trinajstić information content (AvgIpc) is 0.784. The second kappa shape index (κ2) is 69.3. The molecule has 0 aromatic rings. The standard InChI is InChI=1S/C91H155NO18/c1-3-5-7-9-11-13-15-17-19-21-23-25-27-29-31-33-34-35-36-37-38-39-40-41-43-45-47-49-51-53-55-57-59-61-63-65-67-69-79(97)92-74(75(96)68-66-64-62-60-58-56-54-52-50-48-46-44-42-32-30-28-26-24-22-20-18-16-14-12-10-8-6-4-2)73-105-89-85(103)82(100)87(77(71-94)107-89)110-91-86(104)83(101)88(78(72-95)108-91)109-90-84(102)81(99)80(98)76(70-93)106-90/h5,7,11,13,17,19,23,25,29,31,34-35,37-38,40-41,45,47,58,60,66,68,74-78,80-91,93-96,98-104H,3-4,6,8-10,12,14-16,18,20-22,24,26-28,30,32-33,36,39,42-44,46,48-57,59,61-65,67,69-73H2,1-2H3,(H,92,97)/b7-5-,13-11-,19-17-,25-23-,31-29-,35-34-,38-37-,41-40-,47-45-,60-58+,68-66+. The van der Waals surface area contributed by atoms with Crippen molar-refractivity contribution in [3.8, 4) is 0 Å². The van der Waals surface area contributed by atoms with Gasteiger partial charge in [-0.1, -0.05) is 327 Å². The first-order chi connectivity index (χ1) is 53.8. The van der Waals surface area contributed by atoms with Crippen LogP contribution in [0, 0.1) is 0 Å². The third-order valence-corrected chi connectivity index (χ3v) is 20.7. The van der Waals surface area contributed by atoms with Gasteiger partial charge in [-0.25, -0.2) is 0 Å². The summed E-state index contributed by atoms with van der Waals surface area (Å²) in [4.78, 5) is 13.5. The molecule has 12 N–H and O–H groups in total. The molecule has 0 aromatic carbocycles. The number of aliphatic hydroxyl groups excluding tert-OH is 11. The number of carbonyl (C=O) groups is 1. The molecular formula is C91H155NO18. The van der Waals surface area contributed by atoms with Crippen LogP contribution in [0.3, 0.4) is 0 Å². The van der Waals surface area contributed by atoms with Crippen LogP contribution in [0.5, 0.6) is 0 Å². The average molecular weight is 1550 g/mol. The molecule has 110 heavy (non-hydrogen) atoms. The highest BCUT2D eigenvalue weighted by Crippen LogP contribution is 2.33. The molecule has 3 heterocycles. The smallest absolute Gasteiger partial charge is 0.220 e. The van der Waals surface area contributed by atoms with Crippen LogP contribution in [-0.4, -0.2) is 193 Å². The van der Waals surface area contributed by atoms with Gasteiger partial charge in [0.05, 0.1) is 38.6 Å². The van der Waals surface area contributed by atoms with Gasteiger partial charge in [-0.15, -0.1) is 0 Å². The van der Waals surface area contributed by atoms with Crippen molar-refractivity contribution < 1.29 is 89.4 Å². The van der Waals surface area contributed by atoms with Crippen molar-refractivity contribution >= 4 is 5.91 Å². The zero-order chi connectivity index (χ0) is 79.5. The van der Waals surface area contributed by atoms with Crippen molar-refractivity contribution in [3.63, 3.8) is 0 Å². The molecule has 0 bridgehead atoms. The Morgan fingerprint density at radius 2 is 0.636 bits per heavy atom. The summed E-state index contributed by atoms with van der Waals surface area (Å²) in [5.74, 6) is -0.294. The molecule has 0 spiro atoms. The molecule has 3 aliphatic heterocycles. The van der Waals surface area contributed by atoms with Gasteiger partial charge < -0.3 is 89.9 Å². The van der Waals surface area contributed by atoms with Crippen LogP contribution in [0.1, 0.15) is 303 Å². The number of rotatable bonds is 68. The monoisotopic (exact) mass is 1550 g/mol. The molecule has 3 aliphatic rings. The Morgan fingerprint density at radius 1 is 0.336 bits per heavy atom. The molecule has 17 atom stereocenters. The van der Waals surface area contributed by atoms with E-state index in [1.165, 1.54) is 161 Å². The van der Waals surface area contributed by atoms with Crippen molar-refractivity contribution in [1.29, 1.82) is 0 Å². The van der Waals surface area contributed by atoms with Crippen molar-refractivity contribution in [2.45, 2.75) is 407 Å². The van der Waals surface area contributed by atoms with E-state index in [1.54, 1.807) is 6.08 Å². The first kappa shape index (κ1) is 100. The van der Waals surface area contributed by atoms with E-state index in [1.807, 2.05) is 6.08 Å². The van der Waals surface area contributed by atoms with Crippen molar-refractivity contribution in [2.75, 3.05) is 26.4 Å². The summed E-state index contributed by atoms with van der Waals surface area (Å²) < 4.78 is 34.5. The number of hydrogen-bond donors (Lipinski definition) is 12. The van der Waals surface area contributed by atoms with E-state index in [4.69, 9.17) is 28.4 Å². The van der Waals surface area contributed by atoms with Crippen molar-refractivity contribution in [3.05, 3.63) is 134 Å². The molecule has 0 radical (unpaired) electrons. The molecule has 1 amide bonds. The fourth-order valence-electron chi connectivity index (χ4n) is 13.8. The first-order valence-electron chi connectivity index (χ1n) is 43.4. The minimum Gasteiger partial charge on any atom is -0.394 e. The lowest BCUT2D eigenvalue weighted by molar-refractivity contribution is -0.379. The fraction of sp³-hybridized carbons (Fsp3) is 0.747. The number of hydrogen-bond acceptors (Lipinski definition) is 18. The lowest BCUT2D eigenvalue weighted by atomic mass is 9.96. The number of aliphatic hydroxyl groups is 11. The summed E-state index contributed by atoms with van der Waals surface area (Å²) in [6.45, 7) is 1.62. The summed E-state index contributed by atoms with van der Waals surface area (Å²) >= 11 is 0. The number of unbranched alkanes of at least 4 members (excludes halogenated alkanes) is 32. The summed E-state index contributed by atoms with van der Waals surface area (Å²) in [5.41, 5.74) is 0. The second-order valence-corrected chi connectivity index (χ2v) is 30.3. The number of amides is 1. The fourth-order valence-corrected chi connectivity index (χ4v) is 13.8. The molecule has 0 saturated carbocycles. The highest BCUT2D eigenvalue weighted by Gasteiger charge is 2.54. The Morgan fingerprint density at radius 3 is 1.02 bits per heavy atom.